The van der Waals surface area contributed by atoms with Crippen molar-refractivity contribution in [3.63, 3.8) is 0 Å². The summed E-state index contributed by atoms with van der Waals surface area (Å²) in [5.74, 6) is 0. The molecular formula is C14H22N4OSi. The summed E-state index contributed by atoms with van der Waals surface area (Å²) >= 11 is 0. The van der Waals surface area contributed by atoms with E-state index in [2.05, 4.69) is 29.7 Å². The molecule has 0 aliphatic rings. The molecule has 2 N–H and O–H groups in total. The van der Waals surface area contributed by atoms with Crippen molar-refractivity contribution >= 4 is 13.8 Å². The molecule has 0 saturated carbocycles. The predicted octanol–water partition coefficient (Wildman–Crippen LogP) is 2.84. The van der Waals surface area contributed by atoms with Gasteiger partial charge in [0.15, 0.2) is 0 Å². The molecule has 0 aliphatic carbocycles. The van der Waals surface area contributed by atoms with Gasteiger partial charge in [-0.3, -0.25) is 4.98 Å². The molecule has 0 amide bonds. The van der Waals surface area contributed by atoms with E-state index in [1.54, 1.807) is 23.3 Å². The first-order chi connectivity index (χ1) is 9.46. The second-order valence-electron chi connectivity index (χ2n) is 6.06. The van der Waals surface area contributed by atoms with E-state index in [0.29, 0.717) is 12.4 Å². The maximum absolute atomic E-state index is 5.99. The van der Waals surface area contributed by atoms with E-state index in [1.807, 2.05) is 12.1 Å². The van der Waals surface area contributed by atoms with Crippen LogP contribution in [0, 0.1) is 0 Å². The van der Waals surface area contributed by atoms with Gasteiger partial charge in [-0.1, -0.05) is 19.6 Å². The summed E-state index contributed by atoms with van der Waals surface area (Å²) < 4.78 is 7.40. The quantitative estimate of drug-likeness (QED) is 0.656. The van der Waals surface area contributed by atoms with E-state index in [1.165, 1.54) is 0 Å². The summed E-state index contributed by atoms with van der Waals surface area (Å²) in [5.41, 5.74) is 8.31. The summed E-state index contributed by atoms with van der Waals surface area (Å²) in [4.78, 5) is 4.08. The van der Waals surface area contributed by atoms with Crippen molar-refractivity contribution in [2.75, 3.05) is 12.3 Å². The zero-order valence-corrected chi connectivity index (χ0v) is 13.3. The Hall–Kier alpha value is -1.66. The van der Waals surface area contributed by atoms with Gasteiger partial charge in [-0.2, -0.15) is 5.10 Å². The standard InChI is InChI=1S/C14H22N4OSi/c1-20(2,3)8-7-19-11-18-10-13(15)14(17-18)12-5-4-6-16-9-12/h4-6,9-10H,7-8,11,15H2,1-3H3. The SMILES string of the molecule is C[Si](C)(C)CCOCn1cc(N)c(-c2cccnc2)n1. The number of pyridine rings is 1. The number of ether oxygens (including phenoxy) is 1. The van der Waals surface area contributed by atoms with Gasteiger partial charge in [0.25, 0.3) is 0 Å². The molecule has 6 heteroatoms. The van der Waals surface area contributed by atoms with Crippen LogP contribution in [0.1, 0.15) is 0 Å². The van der Waals surface area contributed by atoms with Crippen LogP contribution in [0.25, 0.3) is 11.3 Å². The largest absolute Gasteiger partial charge is 0.396 e. The minimum Gasteiger partial charge on any atom is -0.396 e. The van der Waals surface area contributed by atoms with Crippen LogP contribution in [0.15, 0.2) is 30.7 Å². The molecule has 2 aromatic heterocycles. The molecule has 2 rings (SSSR count). The first-order valence-corrected chi connectivity index (χ1v) is 10.5. The van der Waals surface area contributed by atoms with Crippen molar-refractivity contribution < 1.29 is 4.74 Å². The first kappa shape index (κ1) is 14.7. The highest BCUT2D eigenvalue weighted by Crippen LogP contribution is 2.22. The van der Waals surface area contributed by atoms with Gasteiger partial charge in [0.1, 0.15) is 12.4 Å². The maximum atomic E-state index is 5.99. The van der Waals surface area contributed by atoms with Crippen LogP contribution in [0.3, 0.4) is 0 Å². The summed E-state index contributed by atoms with van der Waals surface area (Å²) in [6.45, 7) is 8.22. The number of hydrogen-bond donors (Lipinski definition) is 1. The van der Waals surface area contributed by atoms with Crippen molar-refractivity contribution in [3.05, 3.63) is 30.7 Å². The van der Waals surface area contributed by atoms with E-state index >= 15 is 0 Å². The first-order valence-electron chi connectivity index (χ1n) is 6.77. The number of hydrogen-bond acceptors (Lipinski definition) is 4. The summed E-state index contributed by atoms with van der Waals surface area (Å²) in [6, 6.07) is 4.97. The van der Waals surface area contributed by atoms with Gasteiger partial charge in [0.2, 0.25) is 0 Å². The summed E-state index contributed by atoms with van der Waals surface area (Å²) in [5, 5.41) is 4.45. The van der Waals surface area contributed by atoms with Crippen molar-refractivity contribution in [3.8, 4) is 11.3 Å². The van der Waals surface area contributed by atoms with Crippen molar-refractivity contribution in [2.45, 2.75) is 32.4 Å². The van der Waals surface area contributed by atoms with Gasteiger partial charge < -0.3 is 10.5 Å². The number of aromatic nitrogens is 3. The number of nitrogens with two attached hydrogens (primary N) is 1. The zero-order valence-electron chi connectivity index (χ0n) is 12.3. The molecule has 2 heterocycles. The molecule has 5 nitrogen and oxygen atoms in total. The van der Waals surface area contributed by atoms with E-state index in [-0.39, 0.29) is 0 Å². The molecule has 0 spiro atoms. The Balaban J connectivity index is 1.95. The minimum atomic E-state index is -1.04. The molecule has 0 unspecified atom stereocenters. The van der Waals surface area contributed by atoms with Crippen molar-refractivity contribution in [1.82, 2.24) is 14.8 Å². The highest BCUT2D eigenvalue weighted by molar-refractivity contribution is 6.76. The van der Waals surface area contributed by atoms with Gasteiger partial charge in [0, 0.05) is 32.6 Å². The van der Waals surface area contributed by atoms with E-state index in [9.17, 15) is 0 Å². The van der Waals surface area contributed by atoms with Crippen LogP contribution in [0.2, 0.25) is 25.7 Å². The molecule has 0 bridgehead atoms. The van der Waals surface area contributed by atoms with Crippen LogP contribution in [-0.4, -0.2) is 29.4 Å². The Labute approximate surface area is 120 Å². The molecule has 0 saturated heterocycles. The fraction of sp³-hybridized carbons (Fsp3) is 0.429. The predicted molar refractivity (Wildman–Crippen MR) is 84.0 cm³/mol. The Morgan fingerprint density at radius 3 is 2.80 bits per heavy atom. The number of rotatable bonds is 6. The number of nitrogens with zero attached hydrogens (tertiary/aromatic N) is 3. The Bertz CT molecular complexity index is 548. The van der Waals surface area contributed by atoms with Crippen LogP contribution in [-0.2, 0) is 11.5 Å². The molecule has 0 atom stereocenters. The number of anilines is 1. The second-order valence-corrected chi connectivity index (χ2v) is 11.7. The van der Waals surface area contributed by atoms with Gasteiger partial charge in [-0.05, 0) is 18.2 Å². The molecule has 0 aliphatic heterocycles. The Morgan fingerprint density at radius 2 is 2.15 bits per heavy atom. The third-order valence-corrected chi connectivity index (χ3v) is 4.65. The third-order valence-electron chi connectivity index (χ3n) is 2.94. The second kappa shape index (κ2) is 6.19. The highest BCUT2D eigenvalue weighted by atomic mass is 28.3. The van der Waals surface area contributed by atoms with Crippen molar-refractivity contribution in [2.24, 2.45) is 0 Å². The molecule has 2 aromatic rings. The van der Waals surface area contributed by atoms with Crippen LogP contribution in [0.4, 0.5) is 5.69 Å². The van der Waals surface area contributed by atoms with Gasteiger partial charge >= 0.3 is 0 Å². The maximum Gasteiger partial charge on any atom is 0.139 e. The van der Waals surface area contributed by atoms with E-state index in [4.69, 9.17) is 10.5 Å². The summed E-state index contributed by atoms with van der Waals surface area (Å²) in [6.07, 6.45) is 5.29. The Morgan fingerprint density at radius 1 is 1.35 bits per heavy atom. The molecule has 0 radical (unpaired) electrons. The topological polar surface area (TPSA) is 66.0 Å². The zero-order chi connectivity index (χ0) is 14.6. The fourth-order valence-corrected chi connectivity index (χ4v) is 2.52. The van der Waals surface area contributed by atoms with Crippen LogP contribution < -0.4 is 5.73 Å². The average molecular weight is 290 g/mol. The minimum absolute atomic E-state index is 0.439. The van der Waals surface area contributed by atoms with E-state index in [0.717, 1.165) is 23.9 Å². The van der Waals surface area contributed by atoms with Gasteiger partial charge in [0.05, 0.1) is 11.9 Å². The van der Waals surface area contributed by atoms with Crippen molar-refractivity contribution in [1.29, 1.82) is 0 Å². The lowest BCUT2D eigenvalue weighted by molar-refractivity contribution is 0.0788. The Kier molecular flexibility index (Phi) is 4.56. The lowest BCUT2D eigenvalue weighted by Crippen LogP contribution is -2.22. The van der Waals surface area contributed by atoms with Crippen LogP contribution in [0.5, 0.6) is 0 Å². The fourth-order valence-electron chi connectivity index (χ4n) is 1.77. The monoisotopic (exact) mass is 290 g/mol. The molecule has 20 heavy (non-hydrogen) atoms. The summed E-state index contributed by atoms with van der Waals surface area (Å²) in [7, 11) is -1.04. The molecular weight excluding hydrogens is 268 g/mol. The van der Waals surface area contributed by atoms with E-state index < -0.39 is 8.07 Å². The van der Waals surface area contributed by atoms with Gasteiger partial charge in [-0.15, -0.1) is 0 Å². The third kappa shape index (κ3) is 4.18. The highest BCUT2D eigenvalue weighted by Gasteiger charge is 2.12. The molecule has 0 aromatic carbocycles. The lowest BCUT2D eigenvalue weighted by Gasteiger charge is -2.15. The van der Waals surface area contributed by atoms with Gasteiger partial charge in [-0.25, -0.2) is 4.68 Å². The van der Waals surface area contributed by atoms with Crippen LogP contribution >= 0.6 is 0 Å². The number of nitrogen functional groups attached to an aromatic ring is 1. The molecule has 108 valence electrons. The molecule has 0 fully saturated rings. The lowest BCUT2D eigenvalue weighted by atomic mass is 10.2. The smallest absolute Gasteiger partial charge is 0.139 e. The normalized spacial score (nSPS) is 11.8. The average Bonchev–Trinajstić information content (AvgIpc) is 2.76.